The quantitative estimate of drug-likeness (QED) is 0.685. The summed E-state index contributed by atoms with van der Waals surface area (Å²) in [5, 5.41) is 3.31. The molecular formula is C8H18N2O2S. The molecule has 1 N–H and O–H groups in total. The van der Waals surface area contributed by atoms with Gasteiger partial charge in [0.05, 0.1) is 6.26 Å². The fourth-order valence-corrected chi connectivity index (χ4v) is 2.35. The number of hydrogen-bond acceptors (Lipinski definition) is 3. The van der Waals surface area contributed by atoms with E-state index in [-0.39, 0.29) is 0 Å². The Morgan fingerprint density at radius 3 is 2.54 bits per heavy atom. The molecule has 0 aliphatic carbocycles. The molecule has 1 aliphatic heterocycles. The fourth-order valence-electron chi connectivity index (χ4n) is 1.50. The van der Waals surface area contributed by atoms with Gasteiger partial charge in [-0.2, -0.15) is 4.31 Å². The Morgan fingerprint density at radius 2 is 2.08 bits per heavy atom. The van der Waals surface area contributed by atoms with Crippen molar-refractivity contribution in [3.05, 3.63) is 0 Å². The molecule has 0 aromatic rings. The summed E-state index contributed by atoms with van der Waals surface area (Å²) in [7, 11) is -3.00. The number of nitrogens with one attached hydrogen (secondary N) is 1. The normalized spacial score (nSPS) is 26.6. The Balaban J connectivity index is 2.62. The summed E-state index contributed by atoms with van der Waals surface area (Å²) in [5.74, 6) is 0.476. The van der Waals surface area contributed by atoms with Gasteiger partial charge in [0.15, 0.2) is 0 Å². The van der Waals surface area contributed by atoms with Crippen LogP contribution in [0.1, 0.15) is 13.8 Å². The van der Waals surface area contributed by atoms with Crippen LogP contribution >= 0.6 is 0 Å². The Hall–Kier alpha value is -0.130. The average Bonchev–Trinajstić information content (AvgIpc) is 2.03. The van der Waals surface area contributed by atoms with Crippen molar-refractivity contribution in [1.29, 1.82) is 0 Å². The van der Waals surface area contributed by atoms with Gasteiger partial charge in [-0.15, -0.1) is 0 Å². The van der Waals surface area contributed by atoms with Crippen LogP contribution in [-0.4, -0.2) is 44.7 Å². The van der Waals surface area contributed by atoms with Gasteiger partial charge in [-0.3, -0.25) is 0 Å². The van der Waals surface area contributed by atoms with E-state index in [1.54, 1.807) is 4.31 Å². The van der Waals surface area contributed by atoms with E-state index in [0.717, 1.165) is 6.54 Å². The van der Waals surface area contributed by atoms with Crippen LogP contribution in [0.4, 0.5) is 0 Å². The Bertz CT molecular complexity index is 261. The molecule has 1 fully saturated rings. The summed E-state index contributed by atoms with van der Waals surface area (Å²) < 4.78 is 24.1. The maximum Gasteiger partial charge on any atom is 0.211 e. The van der Waals surface area contributed by atoms with Crippen LogP contribution < -0.4 is 5.32 Å². The van der Waals surface area contributed by atoms with E-state index in [1.807, 2.05) is 0 Å². The first-order chi connectivity index (χ1) is 5.91. The second-order valence-electron chi connectivity index (χ2n) is 3.93. The second kappa shape index (κ2) is 3.94. The highest BCUT2D eigenvalue weighted by Crippen LogP contribution is 2.10. The van der Waals surface area contributed by atoms with Crippen molar-refractivity contribution in [2.24, 2.45) is 5.92 Å². The van der Waals surface area contributed by atoms with E-state index in [1.165, 1.54) is 6.26 Å². The van der Waals surface area contributed by atoms with Gasteiger partial charge >= 0.3 is 0 Å². The van der Waals surface area contributed by atoms with Gasteiger partial charge in [0.2, 0.25) is 10.0 Å². The van der Waals surface area contributed by atoms with E-state index >= 15 is 0 Å². The minimum Gasteiger partial charge on any atom is -0.311 e. The van der Waals surface area contributed by atoms with Gasteiger partial charge in [-0.05, 0) is 5.92 Å². The van der Waals surface area contributed by atoms with Crippen LogP contribution in [-0.2, 0) is 10.0 Å². The first kappa shape index (κ1) is 10.9. The number of sulfonamides is 1. The molecule has 0 unspecified atom stereocenters. The standard InChI is InChI=1S/C8H18N2O2S/c1-7(2)8-6-10(5-4-9-8)13(3,11)12/h7-9H,4-6H2,1-3H3/t8-/m1/s1. The van der Waals surface area contributed by atoms with Crippen molar-refractivity contribution in [1.82, 2.24) is 9.62 Å². The molecule has 0 radical (unpaired) electrons. The predicted molar refractivity (Wildman–Crippen MR) is 53.0 cm³/mol. The zero-order valence-electron chi connectivity index (χ0n) is 8.45. The van der Waals surface area contributed by atoms with Gasteiger partial charge in [0.25, 0.3) is 0 Å². The van der Waals surface area contributed by atoms with Crippen LogP contribution in [0.3, 0.4) is 0 Å². The van der Waals surface area contributed by atoms with E-state index < -0.39 is 10.0 Å². The highest BCUT2D eigenvalue weighted by atomic mass is 32.2. The van der Waals surface area contributed by atoms with E-state index in [4.69, 9.17) is 0 Å². The van der Waals surface area contributed by atoms with Crippen molar-refractivity contribution < 1.29 is 8.42 Å². The lowest BCUT2D eigenvalue weighted by molar-refractivity contribution is 0.257. The molecule has 0 spiro atoms. The molecule has 0 saturated carbocycles. The minimum absolute atomic E-state index is 0.295. The van der Waals surface area contributed by atoms with E-state index in [0.29, 0.717) is 25.0 Å². The Morgan fingerprint density at radius 1 is 1.46 bits per heavy atom. The van der Waals surface area contributed by atoms with Crippen LogP contribution in [0.25, 0.3) is 0 Å². The highest BCUT2D eigenvalue weighted by Gasteiger charge is 2.26. The zero-order chi connectivity index (χ0) is 10.1. The Labute approximate surface area is 80.4 Å². The van der Waals surface area contributed by atoms with E-state index in [2.05, 4.69) is 19.2 Å². The van der Waals surface area contributed by atoms with E-state index in [9.17, 15) is 8.42 Å². The summed E-state index contributed by atoms with van der Waals surface area (Å²) in [5.41, 5.74) is 0. The van der Waals surface area contributed by atoms with Gasteiger partial charge in [-0.1, -0.05) is 13.8 Å². The molecule has 1 heterocycles. The van der Waals surface area contributed by atoms with Crippen molar-refractivity contribution in [3.63, 3.8) is 0 Å². The van der Waals surface area contributed by atoms with Gasteiger partial charge in [-0.25, -0.2) is 8.42 Å². The Kier molecular flexibility index (Phi) is 3.32. The third-order valence-electron chi connectivity index (χ3n) is 2.44. The molecule has 13 heavy (non-hydrogen) atoms. The first-order valence-corrected chi connectivity index (χ1v) is 6.44. The molecule has 1 aliphatic rings. The number of nitrogens with zero attached hydrogens (tertiary/aromatic N) is 1. The maximum atomic E-state index is 11.3. The molecule has 78 valence electrons. The number of rotatable bonds is 2. The minimum atomic E-state index is -3.00. The van der Waals surface area contributed by atoms with Gasteiger partial charge in [0.1, 0.15) is 0 Å². The molecule has 5 heteroatoms. The summed E-state index contributed by atoms with van der Waals surface area (Å²) in [4.78, 5) is 0. The predicted octanol–water partition coefficient (Wildman–Crippen LogP) is -0.124. The highest BCUT2D eigenvalue weighted by molar-refractivity contribution is 7.88. The molecule has 0 aromatic heterocycles. The van der Waals surface area contributed by atoms with Crippen molar-refractivity contribution in [2.45, 2.75) is 19.9 Å². The molecule has 1 rings (SSSR count). The van der Waals surface area contributed by atoms with Gasteiger partial charge < -0.3 is 5.32 Å². The molecule has 1 saturated heterocycles. The molecule has 0 bridgehead atoms. The van der Waals surface area contributed by atoms with Crippen LogP contribution in [0.2, 0.25) is 0 Å². The largest absolute Gasteiger partial charge is 0.311 e. The second-order valence-corrected chi connectivity index (χ2v) is 5.91. The topological polar surface area (TPSA) is 49.4 Å². The van der Waals surface area contributed by atoms with Crippen molar-refractivity contribution >= 4 is 10.0 Å². The van der Waals surface area contributed by atoms with Crippen LogP contribution in [0.5, 0.6) is 0 Å². The van der Waals surface area contributed by atoms with Gasteiger partial charge in [0, 0.05) is 25.7 Å². The lowest BCUT2D eigenvalue weighted by atomic mass is 10.0. The summed E-state index contributed by atoms with van der Waals surface area (Å²) in [6.45, 7) is 6.17. The monoisotopic (exact) mass is 206 g/mol. The fraction of sp³-hybridized carbons (Fsp3) is 1.00. The van der Waals surface area contributed by atoms with Crippen molar-refractivity contribution in [3.8, 4) is 0 Å². The third kappa shape index (κ3) is 2.93. The number of hydrogen-bond donors (Lipinski definition) is 1. The lowest BCUT2D eigenvalue weighted by Crippen LogP contribution is -2.54. The SMILES string of the molecule is CC(C)[C@H]1CN(S(C)(=O)=O)CCN1. The summed E-state index contributed by atoms with van der Waals surface area (Å²) in [6, 6.07) is 0.295. The smallest absolute Gasteiger partial charge is 0.211 e. The molecule has 1 atom stereocenters. The molecule has 0 aromatic carbocycles. The summed E-state index contributed by atoms with van der Waals surface area (Å²) in [6.07, 6.45) is 1.27. The average molecular weight is 206 g/mol. The maximum absolute atomic E-state index is 11.3. The molecule has 4 nitrogen and oxygen atoms in total. The zero-order valence-corrected chi connectivity index (χ0v) is 9.26. The number of piperazine rings is 1. The molecule has 0 amide bonds. The first-order valence-electron chi connectivity index (χ1n) is 4.60. The summed E-state index contributed by atoms with van der Waals surface area (Å²) >= 11 is 0. The molecular weight excluding hydrogens is 188 g/mol. The van der Waals surface area contributed by atoms with Crippen LogP contribution in [0.15, 0.2) is 0 Å². The van der Waals surface area contributed by atoms with Crippen LogP contribution in [0, 0.1) is 5.92 Å². The lowest BCUT2D eigenvalue weighted by Gasteiger charge is -2.34. The van der Waals surface area contributed by atoms with Crippen molar-refractivity contribution in [2.75, 3.05) is 25.9 Å². The third-order valence-corrected chi connectivity index (χ3v) is 3.71.